The molecule has 1 spiro atoms. The van der Waals surface area contributed by atoms with E-state index in [9.17, 15) is 4.79 Å². The van der Waals surface area contributed by atoms with Crippen molar-refractivity contribution in [1.82, 2.24) is 0 Å². The van der Waals surface area contributed by atoms with E-state index in [-0.39, 0.29) is 5.97 Å². The first kappa shape index (κ1) is 26.9. The molecule has 0 amide bonds. The average Bonchev–Trinajstić information content (AvgIpc) is 3.24. The Labute approximate surface area is 243 Å². The molecule has 5 heteroatoms. The number of carbonyl (C=O) groups excluding carboxylic acids is 1. The van der Waals surface area contributed by atoms with Gasteiger partial charge < -0.3 is 19.7 Å². The summed E-state index contributed by atoms with van der Waals surface area (Å²) < 4.78 is 13.1. The third-order valence-corrected chi connectivity index (χ3v) is 8.17. The van der Waals surface area contributed by atoms with E-state index in [4.69, 9.17) is 9.47 Å². The lowest BCUT2D eigenvalue weighted by Gasteiger charge is -2.38. The fraction of sp³-hybridized carbons (Fsp3) is 0.306. The molecule has 2 aliphatic heterocycles. The number of nitrogens with zero attached hydrogens (tertiary/aromatic N) is 1. The van der Waals surface area contributed by atoms with E-state index in [0.717, 1.165) is 71.0 Å². The summed E-state index contributed by atoms with van der Waals surface area (Å²) in [5.74, 6) is 1.74. The summed E-state index contributed by atoms with van der Waals surface area (Å²) in [6.45, 7) is 12.8. The van der Waals surface area contributed by atoms with Crippen molar-refractivity contribution in [3.05, 3.63) is 112 Å². The van der Waals surface area contributed by atoms with Crippen LogP contribution in [0.1, 0.15) is 71.8 Å². The Morgan fingerprint density at radius 2 is 1.66 bits per heavy atom. The van der Waals surface area contributed by atoms with Crippen molar-refractivity contribution in [3.63, 3.8) is 0 Å². The molecule has 6 rings (SSSR count). The van der Waals surface area contributed by atoms with Crippen molar-refractivity contribution in [2.45, 2.75) is 53.1 Å². The molecule has 1 atom stereocenters. The van der Waals surface area contributed by atoms with Gasteiger partial charge in [0.2, 0.25) is 0 Å². The Morgan fingerprint density at radius 3 is 2.44 bits per heavy atom. The van der Waals surface area contributed by atoms with Gasteiger partial charge in [0.05, 0.1) is 5.56 Å². The van der Waals surface area contributed by atoms with Gasteiger partial charge in [-0.2, -0.15) is 0 Å². The van der Waals surface area contributed by atoms with E-state index in [1.807, 2.05) is 30.3 Å². The monoisotopic (exact) mass is 546 g/mol. The Hall–Kier alpha value is -4.25. The second-order valence-corrected chi connectivity index (χ2v) is 11.7. The number of ether oxygens (including phenoxy) is 2. The SMILES string of the molecule is CCCN(CCC(C)C)c1ccc2c(c1)Oc1cc(C)c(Nc3cccc(C)c3)cc1C21OC(=O)c2ccccc21. The van der Waals surface area contributed by atoms with Crippen LogP contribution in [0.25, 0.3) is 0 Å². The highest BCUT2D eigenvalue weighted by Crippen LogP contribution is 2.57. The molecule has 0 saturated heterocycles. The van der Waals surface area contributed by atoms with Crippen LogP contribution in [0.4, 0.5) is 17.1 Å². The van der Waals surface area contributed by atoms with Gasteiger partial charge in [0.1, 0.15) is 11.5 Å². The summed E-state index contributed by atoms with van der Waals surface area (Å²) in [6, 6.07) is 26.5. The Bertz CT molecular complexity index is 1630. The van der Waals surface area contributed by atoms with Crippen LogP contribution in [-0.2, 0) is 10.3 Å². The van der Waals surface area contributed by atoms with Gasteiger partial charge in [-0.1, -0.05) is 51.1 Å². The Kier molecular flexibility index (Phi) is 6.98. The van der Waals surface area contributed by atoms with Crippen molar-refractivity contribution in [1.29, 1.82) is 0 Å². The molecule has 0 bridgehead atoms. The summed E-state index contributed by atoms with van der Waals surface area (Å²) >= 11 is 0. The van der Waals surface area contributed by atoms with Gasteiger partial charge in [0, 0.05) is 52.9 Å². The molecule has 0 radical (unpaired) electrons. The third kappa shape index (κ3) is 4.73. The maximum Gasteiger partial charge on any atom is 0.340 e. The molecule has 2 aliphatic rings. The van der Waals surface area contributed by atoms with Crippen LogP contribution >= 0.6 is 0 Å². The maximum absolute atomic E-state index is 13.4. The van der Waals surface area contributed by atoms with Gasteiger partial charge in [-0.15, -0.1) is 0 Å². The predicted molar refractivity (Wildman–Crippen MR) is 166 cm³/mol. The minimum Gasteiger partial charge on any atom is -0.456 e. The van der Waals surface area contributed by atoms with Gasteiger partial charge in [-0.05, 0) is 86.2 Å². The standard InChI is InChI=1S/C36H38N2O3/c1-6-17-38(18-16-23(2)3)27-14-15-30-34(21-27)40-33-20-25(5)32(37-26-11-9-10-24(4)19-26)22-31(33)36(30)29-13-8-7-12-28(29)35(39)41-36/h7-15,19-23,37H,6,16-18H2,1-5H3. The van der Waals surface area contributed by atoms with Gasteiger partial charge in [0.15, 0.2) is 5.60 Å². The Morgan fingerprint density at radius 1 is 0.854 bits per heavy atom. The number of aryl methyl sites for hydroxylation is 2. The molecule has 4 aromatic carbocycles. The third-order valence-electron chi connectivity index (χ3n) is 8.17. The summed E-state index contributed by atoms with van der Waals surface area (Å²) in [6.07, 6.45) is 2.18. The van der Waals surface area contributed by atoms with Crippen LogP contribution in [0.3, 0.4) is 0 Å². The molecule has 4 aromatic rings. The van der Waals surface area contributed by atoms with Crippen LogP contribution in [0.2, 0.25) is 0 Å². The Balaban J connectivity index is 1.51. The van der Waals surface area contributed by atoms with Gasteiger partial charge in [0.25, 0.3) is 0 Å². The minimum absolute atomic E-state index is 0.318. The fourth-order valence-electron chi connectivity index (χ4n) is 6.07. The summed E-state index contributed by atoms with van der Waals surface area (Å²) in [7, 11) is 0. The van der Waals surface area contributed by atoms with E-state index in [0.29, 0.717) is 17.2 Å². The van der Waals surface area contributed by atoms with Crippen LogP contribution in [-0.4, -0.2) is 19.1 Å². The zero-order valence-corrected chi connectivity index (χ0v) is 24.6. The molecule has 41 heavy (non-hydrogen) atoms. The number of nitrogens with one attached hydrogen (secondary N) is 1. The van der Waals surface area contributed by atoms with Gasteiger partial charge in [-0.25, -0.2) is 4.79 Å². The molecule has 0 aromatic heterocycles. The topological polar surface area (TPSA) is 50.8 Å². The summed E-state index contributed by atoms with van der Waals surface area (Å²) in [5.41, 5.74) is 7.30. The summed E-state index contributed by atoms with van der Waals surface area (Å²) in [5, 5.41) is 3.59. The molecule has 0 saturated carbocycles. The number of anilines is 3. The lowest BCUT2D eigenvalue weighted by atomic mass is 9.77. The second kappa shape index (κ2) is 10.6. The highest BCUT2D eigenvalue weighted by molar-refractivity contribution is 5.97. The number of esters is 1. The first-order valence-corrected chi connectivity index (χ1v) is 14.7. The van der Waals surface area contributed by atoms with Crippen molar-refractivity contribution in [2.75, 3.05) is 23.3 Å². The number of carbonyl (C=O) groups is 1. The second-order valence-electron chi connectivity index (χ2n) is 11.7. The van der Waals surface area contributed by atoms with Crippen LogP contribution < -0.4 is 15.0 Å². The molecular weight excluding hydrogens is 508 g/mol. The quantitative estimate of drug-likeness (QED) is 0.224. The summed E-state index contributed by atoms with van der Waals surface area (Å²) in [4.78, 5) is 15.8. The van der Waals surface area contributed by atoms with E-state index in [1.54, 1.807) is 0 Å². The van der Waals surface area contributed by atoms with Crippen LogP contribution in [0.5, 0.6) is 11.5 Å². The minimum atomic E-state index is -1.10. The van der Waals surface area contributed by atoms with Crippen LogP contribution in [0, 0.1) is 19.8 Å². The van der Waals surface area contributed by atoms with Crippen molar-refractivity contribution in [3.8, 4) is 11.5 Å². The van der Waals surface area contributed by atoms with Crippen molar-refractivity contribution < 1.29 is 14.3 Å². The average molecular weight is 547 g/mol. The number of rotatable bonds is 8. The molecule has 1 unspecified atom stereocenters. The van der Waals surface area contributed by atoms with E-state index >= 15 is 0 Å². The number of fused-ring (bicyclic) bond motifs is 6. The largest absolute Gasteiger partial charge is 0.456 e. The molecule has 2 heterocycles. The lowest BCUT2D eigenvalue weighted by molar-refractivity contribution is 0.0224. The molecule has 0 fully saturated rings. The van der Waals surface area contributed by atoms with Gasteiger partial charge >= 0.3 is 5.97 Å². The predicted octanol–water partition coefficient (Wildman–Crippen LogP) is 8.88. The van der Waals surface area contributed by atoms with E-state index in [1.165, 1.54) is 5.56 Å². The smallest absolute Gasteiger partial charge is 0.340 e. The van der Waals surface area contributed by atoms with E-state index in [2.05, 4.69) is 93.4 Å². The van der Waals surface area contributed by atoms with Crippen LogP contribution in [0.15, 0.2) is 78.9 Å². The number of hydrogen-bond donors (Lipinski definition) is 1. The van der Waals surface area contributed by atoms with E-state index < -0.39 is 5.60 Å². The fourth-order valence-corrected chi connectivity index (χ4v) is 6.07. The van der Waals surface area contributed by atoms with Crippen molar-refractivity contribution in [2.24, 2.45) is 5.92 Å². The normalized spacial score (nSPS) is 16.6. The number of benzene rings is 4. The molecule has 5 nitrogen and oxygen atoms in total. The molecular formula is C36H38N2O3. The molecule has 0 aliphatic carbocycles. The zero-order chi connectivity index (χ0) is 28.7. The first-order valence-electron chi connectivity index (χ1n) is 14.7. The number of hydrogen-bond acceptors (Lipinski definition) is 5. The maximum atomic E-state index is 13.4. The lowest BCUT2D eigenvalue weighted by Crippen LogP contribution is -2.33. The zero-order valence-electron chi connectivity index (χ0n) is 24.6. The highest BCUT2D eigenvalue weighted by atomic mass is 16.6. The highest BCUT2D eigenvalue weighted by Gasteiger charge is 2.53. The molecule has 210 valence electrons. The van der Waals surface area contributed by atoms with Crippen molar-refractivity contribution >= 4 is 23.0 Å². The first-order chi connectivity index (χ1) is 19.8. The van der Waals surface area contributed by atoms with Gasteiger partial charge in [-0.3, -0.25) is 0 Å². The molecule has 1 N–H and O–H groups in total.